The van der Waals surface area contributed by atoms with Crippen molar-refractivity contribution < 1.29 is 32.6 Å². The highest BCUT2D eigenvalue weighted by Crippen LogP contribution is 2.33. The fourth-order valence-electron chi connectivity index (χ4n) is 4.52. The molecule has 1 aliphatic rings. The van der Waals surface area contributed by atoms with Crippen molar-refractivity contribution in [2.24, 2.45) is 0 Å². The van der Waals surface area contributed by atoms with Crippen molar-refractivity contribution in [1.29, 1.82) is 0 Å². The number of rotatable bonds is 10. The van der Waals surface area contributed by atoms with Crippen molar-refractivity contribution in [3.05, 3.63) is 77.0 Å². The standard InChI is InChI=1S/C28H31F2NO5/c1-18-25(31-26(35-18)20-6-4-3-5-7-20)14-15-34-21-10-8-19(9-11-21)17-28(2,27(32)33)36-22-12-13-23(29)24(30)16-22/h8-13,16,20H,3-7,14-15,17H2,1-2H3,(H,32,33). The van der Waals surface area contributed by atoms with E-state index >= 15 is 0 Å². The minimum Gasteiger partial charge on any atom is -0.493 e. The lowest BCUT2D eigenvalue weighted by molar-refractivity contribution is -0.153. The van der Waals surface area contributed by atoms with E-state index in [-0.39, 0.29) is 12.2 Å². The maximum atomic E-state index is 13.5. The Labute approximate surface area is 209 Å². The third-order valence-electron chi connectivity index (χ3n) is 6.62. The monoisotopic (exact) mass is 499 g/mol. The SMILES string of the molecule is Cc1oc(C2CCCCC2)nc1CCOc1ccc(CC(C)(Oc2ccc(F)c(F)c2)C(=O)O)cc1. The van der Waals surface area contributed by atoms with E-state index in [1.165, 1.54) is 32.3 Å². The average Bonchev–Trinajstić information content (AvgIpc) is 3.23. The molecule has 1 saturated carbocycles. The summed E-state index contributed by atoms with van der Waals surface area (Å²) in [7, 11) is 0. The third-order valence-corrected chi connectivity index (χ3v) is 6.62. The first-order valence-electron chi connectivity index (χ1n) is 12.3. The summed E-state index contributed by atoms with van der Waals surface area (Å²) >= 11 is 0. The molecule has 4 rings (SSSR count). The van der Waals surface area contributed by atoms with Gasteiger partial charge in [-0.05, 0) is 56.5 Å². The molecule has 1 heterocycles. The minimum atomic E-state index is -1.67. The summed E-state index contributed by atoms with van der Waals surface area (Å²) < 4.78 is 44.1. The maximum Gasteiger partial charge on any atom is 0.348 e. The van der Waals surface area contributed by atoms with Gasteiger partial charge in [-0.2, -0.15) is 0 Å². The van der Waals surface area contributed by atoms with E-state index in [1.807, 2.05) is 6.92 Å². The van der Waals surface area contributed by atoms with E-state index < -0.39 is 23.2 Å². The van der Waals surface area contributed by atoms with Crippen LogP contribution in [0, 0.1) is 18.6 Å². The zero-order valence-corrected chi connectivity index (χ0v) is 20.6. The van der Waals surface area contributed by atoms with Crippen LogP contribution in [0.1, 0.15) is 67.9 Å². The molecular weight excluding hydrogens is 468 g/mol. The topological polar surface area (TPSA) is 81.8 Å². The molecule has 8 heteroatoms. The van der Waals surface area contributed by atoms with Crippen LogP contribution in [0.5, 0.6) is 11.5 Å². The molecule has 6 nitrogen and oxygen atoms in total. The molecule has 0 bridgehead atoms. The summed E-state index contributed by atoms with van der Waals surface area (Å²) in [5.41, 5.74) is -0.0641. The van der Waals surface area contributed by atoms with Crippen LogP contribution >= 0.6 is 0 Å². The van der Waals surface area contributed by atoms with E-state index in [9.17, 15) is 18.7 Å². The number of aryl methyl sites for hydroxylation is 1. The highest BCUT2D eigenvalue weighted by Gasteiger charge is 2.36. The van der Waals surface area contributed by atoms with Gasteiger partial charge in [-0.15, -0.1) is 0 Å². The first kappa shape index (κ1) is 25.7. The fraction of sp³-hybridized carbons (Fsp3) is 0.429. The van der Waals surface area contributed by atoms with Gasteiger partial charge in [0.25, 0.3) is 0 Å². The summed E-state index contributed by atoms with van der Waals surface area (Å²) in [5, 5.41) is 9.73. The molecule has 0 saturated heterocycles. The Morgan fingerprint density at radius 1 is 1.08 bits per heavy atom. The maximum absolute atomic E-state index is 13.5. The van der Waals surface area contributed by atoms with Gasteiger partial charge in [0.15, 0.2) is 17.5 Å². The lowest BCUT2D eigenvalue weighted by Gasteiger charge is -2.26. The van der Waals surface area contributed by atoms with Crippen molar-refractivity contribution in [2.45, 2.75) is 70.3 Å². The number of carboxylic acids is 1. The van der Waals surface area contributed by atoms with Crippen molar-refractivity contribution in [3.8, 4) is 11.5 Å². The Balaban J connectivity index is 1.33. The predicted octanol–water partition coefficient (Wildman–Crippen LogP) is 6.40. The van der Waals surface area contributed by atoms with Crippen molar-refractivity contribution in [3.63, 3.8) is 0 Å². The Morgan fingerprint density at radius 2 is 1.78 bits per heavy atom. The second-order valence-electron chi connectivity index (χ2n) is 9.52. The number of halogens is 2. The molecule has 0 spiro atoms. The number of oxazole rings is 1. The highest BCUT2D eigenvalue weighted by molar-refractivity contribution is 5.78. The first-order valence-corrected chi connectivity index (χ1v) is 12.3. The summed E-state index contributed by atoms with van der Waals surface area (Å²) in [5.74, 6) is -0.668. The Bertz CT molecular complexity index is 1190. The molecule has 0 aliphatic heterocycles. The van der Waals surface area contributed by atoms with Crippen LogP contribution in [-0.4, -0.2) is 28.3 Å². The number of aromatic nitrogens is 1. The zero-order valence-electron chi connectivity index (χ0n) is 20.6. The van der Waals surface area contributed by atoms with Crippen LogP contribution in [0.4, 0.5) is 8.78 Å². The number of nitrogens with zero attached hydrogens (tertiary/aromatic N) is 1. The van der Waals surface area contributed by atoms with Crippen molar-refractivity contribution in [1.82, 2.24) is 4.98 Å². The van der Waals surface area contributed by atoms with Gasteiger partial charge < -0.3 is 19.0 Å². The van der Waals surface area contributed by atoms with E-state index in [0.29, 0.717) is 30.3 Å². The van der Waals surface area contributed by atoms with Gasteiger partial charge in [0.05, 0.1) is 12.3 Å². The van der Waals surface area contributed by atoms with E-state index in [4.69, 9.17) is 18.9 Å². The number of hydrogen-bond donors (Lipinski definition) is 1. The molecule has 1 aliphatic carbocycles. The van der Waals surface area contributed by atoms with Gasteiger partial charge in [0.1, 0.15) is 17.3 Å². The summed E-state index contributed by atoms with van der Waals surface area (Å²) in [6, 6.07) is 9.97. The minimum absolute atomic E-state index is 0.0175. The lowest BCUT2D eigenvalue weighted by atomic mass is 9.89. The molecule has 1 aromatic heterocycles. The summed E-state index contributed by atoms with van der Waals surface area (Å²) in [6.45, 7) is 3.76. The van der Waals surface area contributed by atoms with Crippen molar-refractivity contribution in [2.75, 3.05) is 6.61 Å². The highest BCUT2D eigenvalue weighted by atomic mass is 19.2. The van der Waals surface area contributed by atoms with Crippen LogP contribution in [0.25, 0.3) is 0 Å². The molecule has 2 aromatic carbocycles. The van der Waals surface area contributed by atoms with Gasteiger partial charge in [-0.3, -0.25) is 0 Å². The molecule has 3 aromatic rings. The van der Waals surface area contributed by atoms with E-state index in [0.717, 1.165) is 42.3 Å². The second kappa shape index (κ2) is 11.1. The molecule has 192 valence electrons. The van der Waals surface area contributed by atoms with Crippen LogP contribution in [0.3, 0.4) is 0 Å². The normalized spacial score (nSPS) is 15.9. The molecule has 1 fully saturated rings. The van der Waals surface area contributed by atoms with Crippen LogP contribution in [0.15, 0.2) is 46.9 Å². The van der Waals surface area contributed by atoms with Crippen LogP contribution in [-0.2, 0) is 17.6 Å². The number of carbonyl (C=O) groups is 1. The molecular formula is C28H31F2NO5. The molecule has 1 N–H and O–H groups in total. The third kappa shape index (κ3) is 6.22. The molecule has 0 radical (unpaired) electrons. The number of ether oxygens (including phenoxy) is 2. The number of hydrogen-bond acceptors (Lipinski definition) is 5. The van der Waals surface area contributed by atoms with Gasteiger partial charge in [0, 0.05) is 24.8 Å². The van der Waals surface area contributed by atoms with Crippen molar-refractivity contribution >= 4 is 5.97 Å². The lowest BCUT2D eigenvalue weighted by Crippen LogP contribution is -2.43. The average molecular weight is 500 g/mol. The van der Waals surface area contributed by atoms with Gasteiger partial charge in [0.2, 0.25) is 5.60 Å². The Hall–Kier alpha value is -3.42. The van der Waals surface area contributed by atoms with E-state index in [1.54, 1.807) is 24.3 Å². The van der Waals surface area contributed by atoms with Crippen LogP contribution < -0.4 is 9.47 Å². The molecule has 1 atom stereocenters. The Kier molecular flexibility index (Phi) is 7.91. The molecule has 36 heavy (non-hydrogen) atoms. The fourth-order valence-corrected chi connectivity index (χ4v) is 4.52. The zero-order chi connectivity index (χ0) is 25.7. The summed E-state index contributed by atoms with van der Waals surface area (Å²) in [6.07, 6.45) is 6.65. The van der Waals surface area contributed by atoms with Gasteiger partial charge in [-0.25, -0.2) is 18.6 Å². The quantitative estimate of drug-likeness (QED) is 0.348. The largest absolute Gasteiger partial charge is 0.493 e. The van der Waals surface area contributed by atoms with Gasteiger partial charge in [-0.1, -0.05) is 31.4 Å². The Morgan fingerprint density at radius 3 is 2.44 bits per heavy atom. The number of aliphatic carboxylic acids is 1. The smallest absolute Gasteiger partial charge is 0.348 e. The summed E-state index contributed by atoms with van der Waals surface area (Å²) in [4.78, 5) is 16.6. The first-order chi connectivity index (χ1) is 17.2. The second-order valence-corrected chi connectivity index (χ2v) is 9.52. The molecule has 0 amide bonds. The van der Waals surface area contributed by atoms with Crippen LogP contribution in [0.2, 0.25) is 0 Å². The number of carboxylic acid groups (broad SMARTS) is 1. The predicted molar refractivity (Wildman–Crippen MR) is 129 cm³/mol. The van der Waals surface area contributed by atoms with E-state index in [2.05, 4.69) is 0 Å². The number of benzene rings is 2. The molecule has 1 unspecified atom stereocenters. The van der Waals surface area contributed by atoms with Gasteiger partial charge >= 0.3 is 5.97 Å².